The Morgan fingerprint density at radius 1 is 1.07 bits per heavy atom. The van der Waals surface area contributed by atoms with E-state index < -0.39 is 36.7 Å². The summed E-state index contributed by atoms with van der Waals surface area (Å²) in [5.74, 6) is -3.78. The SMILES string of the molecule is CCC(F)(F)c1ccc(O[C@@H]2O[C@@H](C)[C@H](C)[C@@H](O)[C@H]2O)cc1-c1cccc(F)c1. The molecule has 29 heavy (non-hydrogen) atoms. The normalized spacial score (nSPS) is 27.7. The van der Waals surface area contributed by atoms with E-state index >= 15 is 0 Å². The van der Waals surface area contributed by atoms with Crippen molar-refractivity contribution >= 4 is 0 Å². The Bertz CT molecular complexity index is 858. The fourth-order valence-electron chi connectivity index (χ4n) is 3.40. The van der Waals surface area contributed by atoms with Gasteiger partial charge in [0.05, 0.1) is 12.2 Å². The molecule has 1 aliphatic heterocycles. The first-order chi connectivity index (χ1) is 13.6. The summed E-state index contributed by atoms with van der Waals surface area (Å²) in [7, 11) is 0. The maximum Gasteiger partial charge on any atom is 0.273 e. The van der Waals surface area contributed by atoms with Gasteiger partial charge in [-0.3, -0.25) is 0 Å². The number of benzene rings is 2. The standard InChI is InChI=1S/C22H25F3O4/c1-4-22(24,25)18-9-8-16(11-17(18)14-6-5-7-15(23)10-14)29-21-20(27)19(26)12(2)13(3)28-21/h5-13,19-21,26-27H,4H2,1-3H3/t12-,13-,19+,20+,21-/m0/s1. The van der Waals surface area contributed by atoms with Crippen LogP contribution in [-0.2, 0) is 10.7 Å². The Hall–Kier alpha value is -2.09. The molecule has 0 aromatic heterocycles. The summed E-state index contributed by atoms with van der Waals surface area (Å²) in [6, 6.07) is 9.35. The molecule has 158 valence electrons. The van der Waals surface area contributed by atoms with Crippen molar-refractivity contribution in [3.05, 3.63) is 53.8 Å². The van der Waals surface area contributed by atoms with Crippen LogP contribution in [0.1, 0.15) is 32.8 Å². The van der Waals surface area contributed by atoms with E-state index in [-0.39, 0.29) is 34.5 Å². The molecule has 0 spiro atoms. The molecule has 3 rings (SSSR count). The van der Waals surface area contributed by atoms with Gasteiger partial charge < -0.3 is 19.7 Å². The molecule has 5 atom stereocenters. The molecule has 1 aliphatic rings. The van der Waals surface area contributed by atoms with Crippen molar-refractivity contribution in [1.29, 1.82) is 0 Å². The van der Waals surface area contributed by atoms with Gasteiger partial charge in [0, 0.05) is 17.9 Å². The van der Waals surface area contributed by atoms with Gasteiger partial charge in [0.1, 0.15) is 17.7 Å². The number of ether oxygens (including phenoxy) is 2. The van der Waals surface area contributed by atoms with Crippen LogP contribution in [0.25, 0.3) is 11.1 Å². The topological polar surface area (TPSA) is 58.9 Å². The number of alkyl halides is 2. The number of hydrogen-bond acceptors (Lipinski definition) is 4. The van der Waals surface area contributed by atoms with Crippen molar-refractivity contribution in [3.8, 4) is 16.9 Å². The van der Waals surface area contributed by atoms with Crippen LogP contribution in [0.15, 0.2) is 42.5 Å². The minimum absolute atomic E-state index is 0.126. The summed E-state index contributed by atoms with van der Waals surface area (Å²) in [6.07, 6.45) is -4.29. The predicted molar refractivity (Wildman–Crippen MR) is 102 cm³/mol. The number of aliphatic hydroxyl groups is 2. The minimum Gasteiger partial charge on any atom is -0.462 e. The highest BCUT2D eigenvalue weighted by molar-refractivity contribution is 5.70. The molecule has 1 fully saturated rings. The molecule has 0 aliphatic carbocycles. The Balaban J connectivity index is 1.98. The number of halogens is 3. The summed E-state index contributed by atoms with van der Waals surface area (Å²) in [5.41, 5.74) is 0.164. The zero-order valence-electron chi connectivity index (χ0n) is 16.5. The van der Waals surface area contributed by atoms with Crippen molar-refractivity contribution in [1.82, 2.24) is 0 Å². The van der Waals surface area contributed by atoms with E-state index in [1.807, 2.05) is 0 Å². The lowest BCUT2D eigenvalue weighted by Gasteiger charge is -2.40. The first-order valence-electron chi connectivity index (χ1n) is 9.60. The van der Waals surface area contributed by atoms with Crippen molar-refractivity contribution in [2.75, 3.05) is 0 Å². The van der Waals surface area contributed by atoms with Gasteiger partial charge in [-0.25, -0.2) is 13.2 Å². The van der Waals surface area contributed by atoms with Gasteiger partial charge in [0.25, 0.3) is 5.92 Å². The lowest BCUT2D eigenvalue weighted by molar-refractivity contribution is -0.251. The maximum atomic E-state index is 14.5. The first-order valence-corrected chi connectivity index (χ1v) is 9.60. The zero-order valence-corrected chi connectivity index (χ0v) is 16.5. The van der Waals surface area contributed by atoms with Crippen molar-refractivity contribution in [2.24, 2.45) is 5.92 Å². The lowest BCUT2D eigenvalue weighted by Crippen LogP contribution is -2.54. The van der Waals surface area contributed by atoms with Gasteiger partial charge in [-0.2, -0.15) is 0 Å². The van der Waals surface area contributed by atoms with Crippen molar-refractivity contribution in [2.45, 2.75) is 57.7 Å². The molecule has 0 amide bonds. The summed E-state index contributed by atoms with van der Waals surface area (Å²) >= 11 is 0. The molecular weight excluding hydrogens is 385 g/mol. The molecule has 2 aromatic carbocycles. The third-order valence-electron chi connectivity index (χ3n) is 5.47. The third-order valence-corrected chi connectivity index (χ3v) is 5.47. The Kier molecular flexibility index (Phi) is 6.22. The fraction of sp³-hybridized carbons (Fsp3) is 0.455. The van der Waals surface area contributed by atoms with Crippen molar-refractivity contribution < 1.29 is 32.9 Å². The maximum absolute atomic E-state index is 14.5. The molecule has 0 radical (unpaired) electrons. The van der Waals surface area contributed by atoms with Crippen LogP contribution in [0.2, 0.25) is 0 Å². The minimum atomic E-state index is -3.11. The van der Waals surface area contributed by atoms with Crippen LogP contribution in [0.4, 0.5) is 13.2 Å². The monoisotopic (exact) mass is 410 g/mol. The van der Waals surface area contributed by atoms with E-state index in [2.05, 4.69) is 0 Å². The first kappa shape index (κ1) is 21.6. The molecule has 1 heterocycles. The average molecular weight is 410 g/mol. The van der Waals surface area contributed by atoms with E-state index in [0.29, 0.717) is 0 Å². The molecule has 4 nitrogen and oxygen atoms in total. The van der Waals surface area contributed by atoms with Gasteiger partial charge >= 0.3 is 0 Å². The largest absolute Gasteiger partial charge is 0.462 e. The molecular formula is C22H25F3O4. The third kappa shape index (κ3) is 4.42. The molecule has 0 unspecified atom stereocenters. The predicted octanol–water partition coefficient (Wildman–Crippen LogP) is 4.48. The van der Waals surface area contributed by atoms with Crippen LogP contribution in [0, 0.1) is 11.7 Å². The lowest BCUT2D eigenvalue weighted by atomic mass is 9.91. The second kappa shape index (κ2) is 8.34. The number of hydrogen-bond donors (Lipinski definition) is 2. The quantitative estimate of drug-likeness (QED) is 0.763. The summed E-state index contributed by atoms with van der Waals surface area (Å²) in [6.45, 7) is 4.87. The van der Waals surface area contributed by atoms with Gasteiger partial charge in [0.15, 0.2) is 0 Å². The Labute approximate surface area is 167 Å². The van der Waals surface area contributed by atoms with E-state index in [4.69, 9.17) is 9.47 Å². The van der Waals surface area contributed by atoms with Gasteiger partial charge in [-0.1, -0.05) is 26.0 Å². The Morgan fingerprint density at radius 3 is 2.45 bits per heavy atom. The molecule has 7 heteroatoms. The number of aliphatic hydroxyl groups excluding tert-OH is 2. The molecule has 1 saturated heterocycles. The smallest absolute Gasteiger partial charge is 0.273 e. The van der Waals surface area contributed by atoms with Crippen LogP contribution in [0.5, 0.6) is 5.75 Å². The molecule has 2 N–H and O–H groups in total. The Morgan fingerprint density at radius 2 is 1.79 bits per heavy atom. The highest BCUT2D eigenvalue weighted by atomic mass is 19.3. The van der Waals surface area contributed by atoms with Crippen LogP contribution in [-0.4, -0.2) is 34.8 Å². The summed E-state index contributed by atoms with van der Waals surface area (Å²) in [5, 5.41) is 20.4. The van der Waals surface area contributed by atoms with E-state index in [9.17, 15) is 23.4 Å². The average Bonchev–Trinajstić information content (AvgIpc) is 2.70. The second-order valence-corrected chi connectivity index (χ2v) is 7.44. The van der Waals surface area contributed by atoms with Crippen molar-refractivity contribution in [3.63, 3.8) is 0 Å². The fourth-order valence-corrected chi connectivity index (χ4v) is 3.40. The van der Waals surface area contributed by atoms with E-state index in [1.54, 1.807) is 13.8 Å². The zero-order chi connectivity index (χ0) is 21.3. The number of rotatable bonds is 5. The summed E-state index contributed by atoms with van der Waals surface area (Å²) in [4.78, 5) is 0. The highest BCUT2D eigenvalue weighted by Crippen LogP contribution is 2.40. The van der Waals surface area contributed by atoms with Gasteiger partial charge in [-0.15, -0.1) is 0 Å². The molecule has 2 aromatic rings. The summed E-state index contributed by atoms with van der Waals surface area (Å²) < 4.78 is 54.0. The van der Waals surface area contributed by atoms with Gasteiger partial charge in [-0.05, 0) is 48.4 Å². The van der Waals surface area contributed by atoms with Crippen LogP contribution < -0.4 is 4.74 Å². The van der Waals surface area contributed by atoms with Crippen LogP contribution >= 0.6 is 0 Å². The van der Waals surface area contributed by atoms with E-state index in [1.165, 1.54) is 49.4 Å². The molecule has 0 saturated carbocycles. The highest BCUT2D eigenvalue weighted by Gasteiger charge is 2.42. The second-order valence-electron chi connectivity index (χ2n) is 7.44. The van der Waals surface area contributed by atoms with E-state index in [0.717, 1.165) is 0 Å². The van der Waals surface area contributed by atoms with Crippen LogP contribution in [0.3, 0.4) is 0 Å². The molecule has 0 bridgehead atoms. The van der Waals surface area contributed by atoms with Gasteiger partial charge in [0.2, 0.25) is 6.29 Å².